The predicted molar refractivity (Wildman–Crippen MR) is 93.8 cm³/mol. The number of methoxy groups -OCH3 is 1. The van der Waals surface area contributed by atoms with Gasteiger partial charge < -0.3 is 25.2 Å². The second kappa shape index (κ2) is 8.18. The summed E-state index contributed by atoms with van der Waals surface area (Å²) in [5.74, 6) is -1.10. The zero-order chi connectivity index (χ0) is 18.4. The second-order valence-corrected chi connectivity index (χ2v) is 5.09. The van der Waals surface area contributed by atoms with E-state index in [1.165, 1.54) is 20.2 Å². The largest absolute Gasteiger partial charge is 0.494 e. The number of hydrogen-bond donors (Lipinski definition) is 3. The molecule has 0 saturated carbocycles. The van der Waals surface area contributed by atoms with Crippen LogP contribution in [0, 0.1) is 0 Å². The molecule has 1 aliphatic rings. The first-order chi connectivity index (χ1) is 12.0. The minimum atomic E-state index is -1.05. The molecule has 0 amide bonds. The number of aliphatic carboxylic acids is 1. The Morgan fingerprint density at radius 2 is 2.20 bits per heavy atom. The van der Waals surface area contributed by atoms with Gasteiger partial charge in [0, 0.05) is 7.05 Å². The summed E-state index contributed by atoms with van der Waals surface area (Å²) in [4.78, 5) is 15.2. The molecular weight excluding hydrogens is 329 g/mol. The highest BCUT2D eigenvalue weighted by atomic mass is 19.1. The van der Waals surface area contributed by atoms with E-state index in [-0.39, 0.29) is 5.90 Å². The van der Waals surface area contributed by atoms with Crippen LogP contribution < -0.4 is 15.4 Å². The van der Waals surface area contributed by atoms with E-state index in [9.17, 15) is 9.18 Å². The van der Waals surface area contributed by atoms with Crippen molar-refractivity contribution in [1.29, 1.82) is 0 Å². The van der Waals surface area contributed by atoms with Crippen molar-refractivity contribution >= 4 is 23.2 Å². The number of aliphatic imine (C=N–C) groups is 1. The molecule has 0 bridgehead atoms. The third-order valence-electron chi connectivity index (χ3n) is 3.43. The molecule has 134 valence electrons. The lowest BCUT2D eigenvalue weighted by Gasteiger charge is -2.13. The predicted octanol–water partition coefficient (Wildman–Crippen LogP) is 3.11. The molecule has 1 unspecified atom stereocenters. The van der Waals surface area contributed by atoms with Gasteiger partial charge >= 0.3 is 5.97 Å². The number of ether oxygens (including phenoxy) is 2. The van der Waals surface area contributed by atoms with Crippen LogP contribution in [0.15, 0.2) is 41.4 Å². The molecule has 0 spiro atoms. The lowest BCUT2D eigenvalue weighted by molar-refractivity contribution is -0.137. The van der Waals surface area contributed by atoms with Crippen molar-refractivity contribution in [3.05, 3.63) is 41.9 Å². The van der Waals surface area contributed by atoms with Crippen LogP contribution in [0.1, 0.15) is 18.9 Å². The van der Waals surface area contributed by atoms with Gasteiger partial charge in [-0.05, 0) is 24.6 Å². The van der Waals surface area contributed by atoms with Crippen molar-refractivity contribution in [2.75, 3.05) is 24.8 Å². The fourth-order valence-corrected chi connectivity index (χ4v) is 2.30. The molecule has 1 heterocycles. The van der Waals surface area contributed by atoms with Gasteiger partial charge in [0.15, 0.2) is 17.7 Å². The van der Waals surface area contributed by atoms with Crippen molar-refractivity contribution in [3.63, 3.8) is 0 Å². The summed E-state index contributed by atoms with van der Waals surface area (Å²) < 4.78 is 24.3. The summed E-state index contributed by atoms with van der Waals surface area (Å²) in [6, 6.07) is 3.33. The number of nitrogens with zero attached hydrogens (tertiary/aromatic N) is 1. The number of nitrogens with one attached hydrogen (secondary N) is 2. The van der Waals surface area contributed by atoms with Crippen LogP contribution in [0.5, 0.6) is 5.75 Å². The number of hydrogen-bond acceptors (Lipinski definition) is 6. The molecule has 1 aromatic carbocycles. The van der Waals surface area contributed by atoms with E-state index in [1.807, 2.05) is 6.92 Å². The number of benzene rings is 1. The number of rotatable bonds is 6. The fourth-order valence-electron chi connectivity index (χ4n) is 2.30. The molecular formula is C17H20FN3O4. The normalized spacial score (nSPS) is 17.0. The van der Waals surface area contributed by atoms with Crippen molar-refractivity contribution in [2.24, 2.45) is 4.99 Å². The van der Waals surface area contributed by atoms with Gasteiger partial charge in [0.05, 0.1) is 18.4 Å². The van der Waals surface area contributed by atoms with Gasteiger partial charge in [-0.3, -0.25) is 4.99 Å². The van der Waals surface area contributed by atoms with Crippen molar-refractivity contribution < 1.29 is 23.8 Å². The Morgan fingerprint density at radius 1 is 1.44 bits per heavy atom. The number of carboxylic acid groups (broad SMARTS) is 1. The summed E-state index contributed by atoms with van der Waals surface area (Å²) in [7, 11) is 2.95. The highest BCUT2D eigenvalue weighted by Gasteiger charge is 2.30. The van der Waals surface area contributed by atoms with Gasteiger partial charge in [-0.1, -0.05) is 13.0 Å². The third kappa shape index (κ3) is 4.09. The number of halogens is 1. The van der Waals surface area contributed by atoms with Crippen molar-refractivity contribution in [3.8, 4) is 5.75 Å². The molecule has 3 N–H and O–H groups in total. The Morgan fingerprint density at radius 3 is 2.80 bits per heavy atom. The second-order valence-electron chi connectivity index (χ2n) is 5.09. The number of carbonyl (C=O) groups is 1. The van der Waals surface area contributed by atoms with E-state index in [0.29, 0.717) is 29.1 Å². The van der Waals surface area contributed by atoms with Crippen molar-refractivity contribution in [2.45, 2.75) is 19.5 Å². The van der Waals surface area contributed by atoms with Crippen LogP contribution in [0.25, 0.3) is 0 Å². The maximum Gasteiger partial charge on any atom is 0.347 e. The molecule has 0 fully saturated rings. The van der Waals surface area contributed by atoms with Crippen LogP contribution >= 0.6 is 0 Å². The first-order valence-electron chi connectivity index (χ1n) is 7.64. The Hall–Kier alpha value is -3.03. The zero-order valence-corrected chi connectivity index (χ0v) is 14.2. The maximum absolute atomic E-state index is 13.6. The summed E-state index contributed by atoms with van der Waals surface area (Å²) in [6.45, 7) is 1.89. The smallest absolute Gasteiger partial charge is 0.347 e. The molecule has 7 nitrogen and oxygen atoms in total. The number of allylic oxidation sites excluding steroid dienone is 3. The van der Waals surface area contributed by atoms with Gasteiger partial charge in [-0.2, -0.15) is 0 Å². The first-order valence-corrected chi connectivity index (χ1v) is 7.64. The Balaban J connectivity index is 2.31. The number of carboxylic acids is 1. The third-order valence-corrected chi connectivity index (χ3v) is 3.43. The average Bonchev–Trinajstić information content (AvgIpc) is 3.04. The molecule has 0 aromatic heterocycles. The van der Waals surface area contributed by atoms with Gasteiger partial charge in [-0.25, -0.2) is 9.18 Å². The van der Waals surface area contributed by atoms with Crippen molar-refractivity contribution in [1.82, 2.24) is 0 Å². The van der Waals surface area contributed by atoms with Gasteiger partial charge in [0.1, 0.15) is 11.9 Å². The van der Waals surface area contributed by atoms with Crippen LogP contribution in [0.3, 0.4) is 0 Å². The van der Waals surface area contributed by atoms with E-state index >= 15 is 0 Å². The highest BCUT2D eigenvalue weighted by Crippen LogP contribution is 2.40. The molecule has 0 saturated heterocycles. The minimum Gasteiger partial charge on any atom is -0.494 e. The number of anilines is 2. The molecule has 1 aromatic rings. The lowest BCUT2D eigenvalue weighted by atomic mass is 10.1. The summed E-state index contributed by atoms with van der Waals surface area (Å²) >= 11 is 0. The summed E-state index contributed by atoms with van der Waals surface area (Å²) in [5.41, 5.74) is 1.52. The van der Waals surface area contributed by atoms with Gasteiger partial charge in [0.2, 0.25) is 5.90 Å². The maximum atomic E-state index is 13.6. The molecule has 8 heteroatoms. The molecule has 0 aliphatic carbocycles. The Kier molecular flexibility index (Phi) is 5.99. The van der Waals surface area contributed by atoms with E-state index in [2.05, 4.69) is 15.6 Å². The summed E-state index contributed by atoms with van der Waals surface area (Å²) in [6.07, 6.45) is 3.66. The average molecular weight is 349 g/mol. The fraction of sp³-hybridized carbons (Fsp3) is 0.294. The molecule has 0 radical (unpaired) electrons. The van der Waals surface area contributed by atoms with E-state index in [1.54, 1.807) is 18.2 Å². The molecule has 2 rings (SSSR count). The van der Waals surface area contributed by atoms with Gasteiger partial charge in [-0.15, -0.1) is 0 Å². The molecule has 1 atom stereocenters. The highest BCUT2D eigenvalue weighted by molar-refractivity contribution is 6.02. The SMILES string of the molecule is CC/C=C\C(F)=C/OC(=NC)c1ccc2c(c1OC)NC(C(=O)O)N2. The minimum absolute atomic E-state index is 0.139. The quantitative estimate of drug-likeness (QED) is 0.316. The van der Waals surface area contributed by atoms with Crippen LogP contribution in [-0.4, -0.2) is 37.3 Å². The van der Waals surface area contributed by atoms with E-state index in [0.717, 1.165) is 6.26 Å². The lowest BCUT2D eigenvalue weighted by Crippen LogP contribution is -2.31. The van der Waals surface area contributed by atoms with Crippen LogP contribution in [-0.2, 0) is 9.53 Å². The Labute approximate surface area is 144 Å². The van der Waals surface area contributed by atoms with Crippen LogP contribution in [0.4, 0.5) is 15.8 Å². The van der Waals surface area contributed by atoms with E-state index < -0.39 is 18.0 Å². The summed E-state index contributed by atoms with van der Waals surface area (Å²) in [5, 5.41) is 14.8. The number of fused-ring (bicyclic) bond motifs is 1. The topological polar surface area (TPSA) is 92.2 Å². The van der Waals surface area contributed by atoms with Gasteiger partial charge in [0.25, 0.3) is 0 Å². The molecule has 25 heavy (non-hydrogen) atoms. The monoisotopic (exact) mass is 349 g/mol. The van der Waals surface area contributed by atoms with Crippen LogP contribution in [0.2, 0.25) is 0 Å². The van der Waals surface area contributed by atoms with E-state index in [4.69, 9.17) is 14.6 Å². The standard InChI is InChI=1S/C17H20FN3O4/c1-4-5-6-10(18)9-25-16(19-2)11-7-8-12-13(14(11)24-3)21-15(20-12)17(22)23/h5-9,15,20-21H,4H2,1-3H3,(H,22,23)/b6-5-,10-9+,19-16?. The zero-order valence-electron chi connectivity index (χ0n) is 14.2. The first kappa shape index (κ1) is 18.3. The Bertz CT molecular complexity index is 744. The molecule has 1 aliphatic heterocycles.